The van der Waals surface area contributed by atoms with Gasteiger partial charge in [-0.1, -0.05) is 0 Å². The lowest BCUT2D eigenvalue weighted by Gasteiger charge is -2.08. The molecule has 0 radical (unpaired) electrons. The van der Waals surface area contributed by atoms with Crippen molar-refractivity contribution >= 4 is 18.0 Å². The van der Waals surface area contributed by atoms with Gasteiger partial charge in [-0.15, -0.1) is 0 Å². The van der Waals surface area contributed by atoms with E-state index in [1.54, 1.807) is 31.4 Å². The first kappa shape index (κ1) is 15.6. The topological polar surface area (TPSA) is 84.9 Å². The molecule has 108 valence electrons. The van der Waals surface area contributed by atoms with Crippen LogP contribution in [0.2, 0.25) is 0 Å². The Kier molecular flexibility index (Phi) is 5.58. The van der Waals surface area contributed by atoms with Crippen molar-refractivity contribution in [3.63, 3.8) is 0 Å². The van der Waals surface area contributed by atoms with E-state index >= 15 is 0 Å². The second-order valence-electron chi connectivity index (χ2n) is 4.01. The monoisotopic (exact) mass is 279 g/mol. The van der Waals surface area contributed by atoms with Crippen molar-refractivity contribution < 1.29 is 24.2 Å². The molecule has 0 aliphatic rings. The molecule has 1 aromatic rings. The number of carbonyl (C=O) groups is 2. The Labute approximate surface area is 117 Å². The number of nitrogens with one attached hydrogen (secondary N) is 1. The van der Waals surface area contributed by atoms with Crippen LogP contribution in [-0.4, -0.2) is 37.2 Å². The molecule has 1 rings (SSSR count). The van der Waals surface area contributed by atoms with Gasteiger partial charge in [-0.2, -0.15) is 0 Å². The first-order chi connectivity index (χ1) is 9.47. The van der Waals surface area contributed by atoms with Gasteiger partial charge in [-0.25, -0.2) is 0 Å². The van der Waals surface area contributed by atoms with Crippen molar-refractivity contribution in [1.82, 2.24) is 5.32 Å². The van der Waals surface area contributed by atoms with Crippen LogP contribution in [0.5, 0.6) is 11.5 Å². The maximum absolute atomic E-state index is 11.5. The van der Waals surface area contributed by atoms with Crippen LogP contribution in [0, 0.1) is 0 Å². The van der Waals surface area contributed by atoms with E-state index in [1.807, 2.05) is 0 Å². The molecule has 20 heavy (non-hydrogen) atoms. The zero-order valence-electron chi connectivity index (χ0n) is 11.5. The fraction of sp³-hybridized carbons (Fsp3) is 0.286. The molecular weight excluding hydrogens is 262 g/mol. The van der Waals surface area contributed by atoms with E-state index in [0.717, 1.165) is 0 Å². The molecule has 6 heteroatoms. The number of hydrogen-bond acceptors (Lipinski definition) is 4. The van der Waals surface area contributed by atoms with Gasteiger partial charge in [0.15, 0.2) is 0 Å². The largest absolute Gasteiger partial charge is 0.497 e. The SMILES string of the molecule is COc1ccc(/C=C/C(=O)NC(C)C(=O)O)c(OC)c1. The number of carboxylic acid groups (broad SMARTS) is 1. The highest BCUT2D eigenvalue weighted by Gasteiger charge is 2.11. The Hall–Kier alpha value is -2.50. The summed E-state index contributed by atoms with van der Waals surface area (Å²) in [4.78, 5) is 22.1. The maximum atomic E-state index is 11.5. The standard InChI is InChI=1S/C14H17NO5/c1-9(14(17)18)15-13(16)7-5-10-4-6-11(19-2)8-12(10)20-3/h4-9H,1-3H3,(H,15,16)(H,17,18)/b7-5+. The Morgan fingerprint density at radius 1 is 1.30 bits per heavy atom. The minimum Gasteiger partial charge on any atom is -0.497 e. The average Bonchev–Trinajstić information content (AvgIpc) is 2.44. The first-order valence-electron chi connectivity index (χ1n) is 5.91. The van der Waals surface area contributed by atoms with Gasteiger partial charge in [0.05, 0.1) is 14.2 Å². The summed E-state index contributed by atoms with van der Waals surface area (Å²) in [5.74, 6) is -0.380. The normalized spacial score (nSPS) is 11.9. The summed E-state index contributed by atoms with van der Waals surface area (Å²) in [6.07, 6.45) is 2.80. The minimum absolute atomic E-state index is 0.488. The number of aliphatic carboxylic acids is 1. The third kappa shape index (κ3) is 4.31. The maximum Gasteiger partial charge on any atom is 0.325 e. The van der Waals surface area contributed by atoms with E-state index in [2.05, 4.69) is 5.32 Å². The van der Waals surface area contributed by atoms with Gasteiger partial charge in [-0.3, -0.25) is 9.59 Å². The van der Waals surface area contributed by atoms with Crippen molar-refractivity contribution in [3.05, 3.63) is 29.8 Å². The Morgan fingerprint density at radius 3 is 2.55 bits per heavy atom. The second kappa shape index (κ2) is 7.18. The molecule has 0 saturated heterocycles. The highest BCUT2D eigenvalue weighted by atomic mass is 16.5. The summed E-state index contributed by atoms with van der Waals surface area (Å²) >= 11 is 0. The van der Waals surface area contributed by atoms with E-state index in [9.17, 15) is 9.59 Å². The van der Waals surface area contributed by atoms with E-state index in [-0.39, 0.29) is 0 Å². The van der Waals surface area contributed by atoms with Crippen LogP contribution in [-0.2, 0) is 9.59 Å². The van der Waals surface area contributed by atoms with Crippen LogP contribution in [0.4, 0.5) is 0 Å². The Morgan fingerprint density at radius 2 is 2.00 bits per heavy atom. The van der Waals surface area contributed by atoms with Crippen molar-refractivity contribution in [3.8, 4) is 11.5 Å². The number of benzene rings is 1. The molecule has 0 heterocycles. The third-order valence-electron chi connectivity index (χ3n) is 2.58. The number of rotatable bonds is 6. The molecule has 0 bridgehead atoms. The average molecular weight is 279 g/mol. The van der Waals surface area contributed by atoms with Crippen molar-refractivity contribution in [2.24, 2.45) is 0 Å². The third-order valence-corrected chi connectivity index (χ3v) is 2.58. The number of amides is 1. The summed E-state index contributed by atoms with van der Waals surface area (Å²) in [5, 5.41) is 11.0. The van der Waals surface area contributed by atoms with Gasteiger partial charge < -0.3 is 19.9 Å². The molecule has 0 aromatic heterocycles. The Bertz CT molecular complexity index is 524. The molecular formula is C14H17NO5. The summed E-state index contributed by atoms with van der Waals surface area (Å²) in [7, 11) is 3.06. The summed E-state index contributed by atoms with van der Waals surface area (Å²) in [6.45, 7) is 1.39. The fourth-order valence-electron chi connectivity index (χ4n) is 1.44. The van der Waals surface area contributed by atoms with Crippen molar-refractivity contribution in [1.29, 1.82) is 0 Å². The zero-order valence-corrected chi connectivity index (χ0v) is 11.5. The molecule has 2 N–H and O–H groups in total. The molecule has 0 saturated carbocycles. The van der Waals surface area contributed by atoms with E-state index < -0.39 is 17.9 Å². The van der Waals surface area contributed by atoms with Gasteiger partial charge in [0.1, 0.15) is 17.5 Å². The summed E-state index contributed by atoms with van der Waals surface area (Å²) in [6, 6.07) is 4.23. The van der Waals surface area contributed by atoms with Gasteiger partial charge in [-0.05, 0) is 25.1 Å². The number of carboxylic acids is 1. The molecule has 0 spiro atoms. The van der Waals surface area contributed by atoms with Crippen LogP contribution < -0.4 is 14.8 Å². The van der Waals surface area contributed by atoms with Crippen LogP contribution >= 0.6 is 0 Å². The van der Waals surface area contributed by atoms with E-state index in [4.69, 9.17) is 14.6 Å². The predicted molar refractivity (Wildman–Crippen MR) is 73.8 cm³/mol. The number of carbonyl (C=O) groups excluding carboxylic acids is 1. The zero-order chi connectivity index (χ0) is 15.1. The van der Waals surface area contributed by atoms with Crippen LogP contribution in [0.25, 0.3) is 6.08 Å². The van der Waals surface area contributed by atoms with Crippen molar-refractivity contribution in [2.75, 3.05) is 14.2 Å². The highest BCUT2D eigenvalue weighted by molar-refractivity contribution is 5.94. The van der Waals surface area contributed by atoms with Crippen LogP contribution in [0.15, 0.2) is 24.3 Å². The molecule has 6 nitrogen and oxygen atoms in total. The summed E-state index contributed by atoms with van der Waals surface area (Å²) in [5.41, 5.74) is 0.687. The lowest BCUT2D eigenvalue weighted by Crippen LogP contribution is -2.37. The summed E-state index contributed by atoms with van der Waals surface area (Å²) < 4.78 is 10.2. The van der Waals surface area contributed by atoms with Gasteiger partial charge in [0.25, 0.3) is 0 Å². The molecule has 0 aliphatic heterocycles. The van der Waals surface area contributed by atoms with E-state index in [1.165, 1.54) is 20.1 Å². The van der Waals surface area contributed by atoms with Gasteiger partial charge in [0, 0.05) is 17.7 Å². The second-order valence-corrected chi connectivity index (χ2v) is 4.01. The smallest absolute Gasteiger partial charge is 0.325 e. The van der Waals surface area contributed by atoms with E-state index in [0.29, 0.717) is 17.1 Å². The lowest BCUT2D eigenvalue weighted by atomic mass is 10.1. The predicted octanol–water partition coefficient (Wildman–Crippen LogP) is 1.31. The van der Waals surface area contributed by atoms with Gasteiger partial charge in [0.2, 0.25) is 5.91 Å². The Balaban J connectivity index is 2.79. The number of methoxy groups -OCH3 is 2. The molecule has 1 amide bonds. The molecule has 1 aromatic carbocycles. The molecule has 0 aliphatic carbocycles. The highest BCUT2D eigenvalue weighted by Crippen LogP contribution is 2.25. The lowest BCUT2D eigenvalue weighted by molar-refractivity contribution is -0.140. The van der Waals surface area contributed by atoms with Crippen LogP contribution in [0.1, 0.15) is 12.5 Å². The molecule has 0 fully saturated rings. The fourth-order valence-corrected chi connectivity index (χ4v) is 1.44. The first-order valence-corrected chi connectivity index (χ1v) is 5.91. The van der Waals surface area contributed by atoms with Crippen molar-refractivity contribution in [2.45, 2.75) is 13.0 Å². The molecule has 1 atom stereocenters. The molecule has 1 unspecified atom stereocenters. The van der Waals surface area contributed by atoms with Crippen LogP contribution in [0.3, 0.4) is 0 Å². The van der Waals surface area contributed by atoms with Gasteiger partial charge >= 0.3 is 5.97 Å². The number of hydrogen-bond donors (Lipinski definition) is 2. The minimum atomic E-state index is -1.09. The quantitative estimate of drug-likeness (QED) is 0.767. The number of ether oxygens (including phenoxy) is 2.